The third kappa shape index (κ3) is 2.99. The molecule has 2 N–H and O–H groups in total. The first-order valence-corrected chi connectivity index (χ1v) is 5.42. The molecule has 1 saturated carbocycles. The molecule has 88 valence electrons. The van der Waals surface area contributed by atoms with Crippen LogP contribution >= 0.6 is 0 Å². The Morgan fingerprint density at radius 3 is 2.81 bits per heavy atom. The summed E-state index contributed by atoms with van der Waals surface area (Å²) in [5, 5.41) is 22.8. The summed E-state index contributed by atoms with van der Waals surface area (Å²) in [4.78, 5) is 11.6. The molecule has 1 aliphatic rings. The lowest BCUT2D eigenvalue weighted by atomic mass is 9.93. The molecule has 1 amide bonds. The van der Waals surface area contributed by atoms with Gasteiger partial charge in [0, 0.05) is 6.04 Å². The van der Waals surface area contributed by atoms with Gasteiger partial charge in [-0.1, -0.05) is 0 Å². The zero-order valence-corrected chi connectivity index (χ0v) is 8.91. The van der Waals surface area contributed by atoms with Crippen LogP contribution in [0.2, 0.25) is 0 Å². The third-order valence-electron chi connectivity index (χ3n) is 2.76. The van der Waals surface area contributed by atoms with Gasteiger partial charge >= 0.3 is 0 Å². The highest BCUT2D eigenvalue weighted by molar-refractivity contribution is 5.75. The molecular weight excluding hydrogens is 210 g/mol. The fourth-order valence-electron chi connectivity index (χ4n) is 1.89. The molecule has 0 aliphatic heterocycles. The largest absolute Gasteiger partial charge is 0.393 e. The van der Waals surface area contributed by atoms with Gasteiger partial charge in [0.05, 0.1) is 6.10 Å². The summed E-state index contributed by atoms with van der Waals surface area (Å²) < 4.78 is 1.38. The Bertz CT molecular complexity index is 332. The molecule has 0 aromatic carbocycles. The van der Waals surface area contributed by atoms with E-state index in [1.54, 1.807) is 0 Å². The summed E-state index contributed by atoms with van der Waals surface area (Å²) in [5.74, 6) is -0.0892. The van der Waals surface area contributed by atoms with E-state index in [-0.39, 0.29) is 24.6 Å². The van der Waals surface area contributed by atoms with Crippen molar-refractivity contribution in [1.29, 1.82) is 0 Å². The number of aliphatic hydroxyl groups excluding tert-OH is 1. The van der Waals surface area contributed by atoms with Gasteiger partial charge in [-0.2, -0.15) is 0 Å². The van der Waals surface area contributed by atoms with Crippen molar-refractivity contribution in [3.8, 4) is 0 Å². The predicted molar refractivity (Wildman–Crippen MR) is 54.2 cm³/mol. The minimum absolute atomic E-state index is 0.0892. The number of carbonyl (C=O) groups is 1. The number of hydrogen-bond acceptors (Lipinski definition) is 5. The van der Waals surface area contributed by atoms with Crippen LogP contribution < -0.4 is 5.32 Å². The molecule has 1 aromatic rings. The molecule has 0 unspecified atom stereocenters. The standard InChI is InChI=1S/C9H15N5O2/c15-8-3-1-7(2-4-8)11-9(16)5-14-6-10-12-13-14/h6-8,15H,1-5H2,(H,11,16). The summed E-state index contributed by atoms with van der Waals surface area (Å²) in [6.07, 6.45) is 4.40. The number of carbonyl (C=O) groups excluding carboxylic acids is 1. The Morgan fingerprint density at radius 1 is 1.44 bits per heavy atom. The first-order chi connectivity index (χ1) is 7.74. The topological polar surface area (TPSA) is 92.9 Å². The monoisotopic (exact) mass is 225 g/mol. The number of rotatable bonds is 3. The molecule has 1 aliphatic carbocycles. The van der Waals surface area contributed by atoms with E-state index < -0.39 is 0 Å². The Hall–Kier alpha value is -1.50. The second kappa shape index (κ2) is 5.02. The van der Waals surface area contributed by atoms with Crippen LogP contribution in [0.4, 0.5) is 0 Å². The van der Waals surface area contributed by atoms with E-state index in [1.807, 2.05) is 0 Å². The van der Waals surface area contributed by atoms with Crippen LogP contribution in [0.25, 0.3) is 0 Å². The lowest BCUT2D eigenvalue weighted by Gasteiger charge is -2.26. The van der Waals surface area contributed by atoms with Gasteiger partial charge in [-0.3, -0.25) is 4.79 Å². The second-order valence-electron chi connectivity index (χ2n) is 4.08. The molecule has 7 heteroatoms. The quantitative estimate of drug-likeness (QED) is 0.695. The number of tetrazole rings is 1. The number of amides is 1. The molecule has 16 heavy (non-hydrogen) atoms. The Labute approximate surface area is 92.8 Å². The van der Waals surface area contributed by atoms with Crippen molar-refractivity contribution in [3.63, 3.8) is 0 Å². The van der Waals surface area contributed by atoms with Crippen LogP contribution in [0.15, 0.2) is 6.33 Å². The summed E-state index contributed by atoms with van der Waals surface area (Å²) in [5.41, 5.74) is 0. The van der Waals surface area contributed by atoms with Gasteiger partial charge < -0.3 is 10.4 Å². The van der Waals surface area contributed by atoms with E-state index in [9.17, 15) is 9.90 Å². The van der Waals surface area contributed by atoms with Gasteiger partial charge in [-0.25, -0.2) is 4.68 Å². The SMILES string of the molecule is O=C(Cn1cnnn1)NC1CCC(O)CC1. The number of nitrogens with zero attached hydrogens (tertiary/aromatic N) is 4. The van der Waals surface area contributed by atoms with Crippen LogP contribution in [0, 0.1) is 0 Å². The van der Waals surface area contributed by atoms with Crippen LogP contribution in [0.5, 0.6) is 0 Å². The van der Waals surface area contributed by atoms with Crippen molar-refractivity contribution in [2.24, 2.45) is 0 Å². The third-order valence-corrected chi connectivity index (χ3v) is 2.76. The maximum absolute atomic E-state index is 11.6. The van der Waals surface area contributed by atoms with Crippen LogP contribution in [0.3, 0.4) is 0 Å². The highest BCUT2D eigenvalue weighted by atomic mass is 16.3. The average molecular weight is 225 g/mol. The summed E-state index contributed by atoms with van der Waals surface area (Å²) in [6.45, 7) is 0.145. The summed E-state index contributed by atoms with van der Waals surface area (Å²) >= 11 is 0. The van der Waals surface area contributed by atoms with E-state index >= 15 is 0 Å². The zero-order chi connectivity index (χ0) is 11.4. The van der Waals surface area contributed by atoms with Gasteiger partial charge in [-0.05, 0) is 36.1 Å². The van der Waals surface area contributed by atoms with E-state index in [0.29, 0.717) is 0 Å². The zero-order valence-electron chi connectivity index (χ0n) is 8.91. The number of nitrogens with one attached hydrogen (secondary N) is 1. The fourth-order valence-corrected chi connectivity index (χ4v) is 1.89. The smallest absolute Gasteiger partial charge is 0.242 e. The van der Waals surface area contributed by atoms with Crippen molar-refractivity contribution in [1.82, 2.24) is 25.5 Å². The number of aromatic nitrogens is 4. The van der Waals surface area contributed by atoms with Crippen LogP contribution in [-0.4, -0.2) is 43.4 Å². The van der Waals surface area contributed by atoms with Gasteiger partial charge in [0.25, 0.3) is 0 Å². The molecule has 0 spiro atoms. The van der Waals surface area contributed by atoms with Crippen LogP contribution in [-0.2, 0) is 11.3 Å². The Morgan fingerprint density at radius 2 is 2.19 bits per heavy atom. The minimum atomic E-state index is -0.201. The van der Waals surface area contributed by atoms with E-state index in [0.717, 1.165) is 25.7 Å². The second-order valence-corrected chi connectivity index (χ2v) is 4.08. The first kappa shape index (κ1) is 11.0. The van der Waals surface area contributed by atoms with Gasteiger partial charge in [-0.15, -0.1) is 5.10 Å². The predicted octanol–water partition coefficient (Wildman–Crippen LogP) is -0.907. The Kier molecular flexibility index (Phi) is 3.45. The molecule has 0 atom stereocenters. The van der Waals surface area contributed by atoms with E-state index in [4.69, 9.17) is 0 Å². The maximum atomic E-state index is 11.6. The van der Waals surface area contributed by atoms with Crippen molar-refractivity contribution in [3.05, 3.63) is 6.33 Å². The molecule has 1 fully saturated rings. The van der Waals surface area contributed by atoms with Gasteiger partial charge in [0.1, 0.15) is 12.9 Å². The molecule has 0 radical (unpaired) electrons. The van der Waals surface area contributed by atoms with E-state index in [1.165, 1.54) is 11.0 Å². The number of hydrogen-bond donors (Lipinski definition) is 2. The molecule has 1 heterocycles. The molecule has 7 nitrogen and oxygen atoms in total. The fraction of sp³-hybridized carbons (Fsp3) is 0.778. The van der Waals surface area contributed by atoms with Gasteiger partial charge in [0.2, 0.25) is 5.91 Å². The van der Waals surface area contributed by atoms with Crippen molar-refractivity contribution >= 4 is 5.91 Å². The number of aliphatic hydroxyl groups is 1. The van der Waals surface area contributed by atoms with Crippen LogP contribution in [0.1, 0.15) is 25.7 Å². The molecular formula is C9H15N5O2. The minimum Gasteiger partial charge on any atom is -0.393 e. The van der Waals surface area contributed by atoms with E-state index in [2.05, 4.69) is 20.8 Å². The van der Waals surface area contributed by atoms with Crippen molar-refractivity contribution in [2.45, 2.75) is 44.4 Å². The highest BCUT2D eigenvalue weighted by Crippen LogP contribution is 2.18. The normalized spacial score (nSPS) is 25.3. The van der Waals surface area contributed by atoms with Gasteiger partial charge in [0.15, 0.2) is 0 Å². The first-order valence-electron chi connectivity index (χ1n) is 5.42. The lowest BCUT2D eigenvalue weighted by Crippen LogP contribution is -2.40. The molecule has 2 rings (SSSR count). The maximum Gasteiger partial charge on any atom is 0.242 e. The lowest BCUT2D eigenvalue weighted by molar-refractivity contribution is -0.123. The summed E-state index contributed by atoms with van der Waals surface area (Å²) in [7, 11) is 0. The van der Waals surface area contributed by atoms with Crippen molar-refractivity contribution < 1.29 is 9.90 Å². The molecule has 0 saturated heterocycles. The molecule has 1 aromatic heterocycles. The van der Waals surface area contributed by atoms with Crippen molar-refractivity contribution in [2.75, 3.05) is 0 Å². The average Bonchev–Trinajstić information content (AvgIpc) is 2.74. The Balaban J connectivity index is 1.75. The molecule has 0 bridgehead atoms. The summed E-state index contributed by atoms with van der Waals surface area (Å²) in [6, 6.07) is 0.174. The highest BCUT2D eigenvalue weighted by Gasteiger charge is 2.20.